The number of carbonyl (C=O) groups is 1. The molecule has 2 aromatic heterocycles. The van der Waals surface area contributed by atoms with E-state index in [9.17, 15) is 13.2 Å². The van der Waals surface area contributed by atoms with Crippen molar-refractivity contribution in [2.75, 3.05) is 23.1 Å². The number of sulfone groups is 1. The minimum atomic E-state index is -3.07. The maximum atomic E-state index is 13.2. The molecule has 4 rings (SSSR count). The van der Waals surface area contributed by atoms with Crippen LogP contribution in [0.25, 0.3) is 11.4 Å². The molecule has 9 nitrogen and oxygen atoms in total. The third kappa shape index (κ3) is 4.36. The monoisotopic (exact) mass is 453 g/mol. The van der Waals surface area contributed by atoms with Crippen molar-refractivity contribution in [3.63, 3.8) is 0 Å². The van der Waals surface area contributed by atoms with Gasteiger partial charge in [-0.05, 0) is 32.3 Å². The number of hydrogen-bond acceptors (Lipinski definition) is 8. The number of hydrogen-bond donors (Lipinski definition) is 1. The molecule has 1 aliphatic heterocycles. The van der Waals surface area contributed by atoms with E-state index < -0.39 is 9.84 Å². The van der Waals surface area contributed by atoms with Crippen molar-refractivity contribution in [2.24, 2.45) is 0 Å². The Labute approximate surface area is 180 Å². The van der Waals surface area contributed by atoms with Crippen LogP contribution in [0.3, 0.4) is 0 Å². The fourth-order valence-electron chi connectivity index (χ4n) is 4.44. The van der Waals surface area contributed by atoms with E-state index in [2.05, 4.69) is 10.2 Å². The summed E-state index contributed by atoms with van der Waals surface area (Å²) in [5, 5.41) is 8.68. The van der Waals surface area contributed by atoms with Gasteiger partial charge in [0.2, 0.25) is 11.1 Å². The third-order valence-electron chi connectivity index (χ3n) is 5.95. The molecule has 2 aliphatic rings. The summed E-state index contributed by atoms with van der Waals surface area (Å²) in [6.07, 6.45) is 7.27. The van der Waals surface area contributed by atoms with E-state index in [0.717, 1.165) is 31.2 Å². The average Bonchev–Trinajstić information content (AvgIpc) is 3.40. The Kier molecular flexibility index (Phi) is 6.10. The smallest absolute Gasteiger partial charge is 0.233 e. The van der Waals surface area contributed by atoms with E-state index in [1.54, 1.807) is 12.3 Å². The van der Waals surface area contributed by atoms with E-state index >= 15 is 0 Å². The fourth-order valence-corrected chi connectivity index (χ4v) is 6.87. The van der Waals surface area contributed by atoms with Crippen LogP contribution in [0.5, 0.6) is 0 Å². The highest BCUT2D eigenvalue weighted by Gasteiger charge is 2.38. The zero-order valence-electron chi connectivity index (χ0n) is 17.0. The van der Waals surface area contributed by atoms with E-state index in [-0.39, 0.29) is 35.2 Å². The zero-order chi connectivity index (χ0) is 21.3. The summed E-state index contributed by atoms with van der Waals surface area (Å²) in [6, 6.07) is 1.66. The highest BCUT2D eigenvalue weighted by atomic mass is 32.2. The first-order valence-corrected chi connectivity index (χ1v) is 13.1. The molecule has 2 fully saturated rings. The molecule has 3 heterocycles. The second kappa shape index (κ2) is 8.62. The van der Waals surface area contributed by atoms with Gasteiger partial charge in [-0.15, -0.1) is 10.2 Å². The van der Waals surface area contributed by atoms with Crippen molar-refractivity contribution in [3.05, 3.63) is 18.1 Å². The summed E-state index contributed by atoms with van der Waals surface area (Å²) in [4.78, 5) is 15.1. The predicted octanol–water partition coefficient (Wildman–Crippen LogP) is 2.00. The molecule has 1 amide bonds. The molecule has 0 spiro atoms. The maximum Gasteiger partial charge on any atom is 0.233 e. The molecule has 164 valence electrons. The Hall–Kier alpha value is -2.01. The van der Waals surface area contributed by atoms with Crippen LogP contribution in [0, 0.1) is 6.92 Å². The highest BCUT2D eigenvalue weighted by Crippen LogP contribution is 2.30. The largest absolute Gasteiger partial charge is 0.469 e. The van der Waals surface area contributed by atoms with Crippen molar-refractivity contribution in [1.82, 2.24) is 19.8 Å². The van der Waals surface area contributed by atoms with E-state index in [1.807, 2.05) is 11.8 Å². The molecular formula is C19H27N5O4S2. The lowest BCUT2D eigenvalue weighted by Crippen LogP contribution is -2.49. The van der Waals surface area contributed by atoms with Crippen LogP contribution in [0.4, 0.5) is 0 Å². The first-order chi connectivity index (χ1) is 14.4. The maximum absolute atomic E-state index is 13.2. The van der Waals surface area contributed by atoms with Gasteiger partial charge in [0.15, 0.2) is 15.7 Å². The molecule has 0 bridgehead atoms. The molecular weight excluding hydrogens is 426 g/mol. The van der Waals surface area contributed by atoms with Gasteiger partial charge in [0, 0.05) is 12.1 Å². The summed E-state index contributed by atoms with van der Waals surface area (Å²) >= 11 is 1.22. The number of nitrogens with zero attached hydrogens (tertiary/aromatic N) is 4. The Morgan fingerprint density at radius 2 is 2.03 bits per heavy atom. The second-order valence-corrected chi connectivity index (χ2v) is 11.2. The van der Waals surface area contributed by atoms with Gasteiger partial charge in [0.25, 0.3) is 0 Å². The van der Waals surface area contributed by atoms with Gasteiger partial charge in [-0.25, -0.2) is 13.1 Å². The Bertz CT molecular complexity index is 1010. The van der Waals surface area contributed by atoms with Crippen LogP contribution >= 0.6 is 11.8 Å². The zero-order valence-corrected chi connectivity index (χ0v) is 18.6. The number of aromatic nitrogens is 3. The van der Waals surface area contributed by atoms with Crippen LogP contribution in [0.15, 0.2) is 21.9 Å². The van der Waals surface area contributed by atoms with Crippen LogP contribution in [0.2, 0.25) is 0 Å². The molecule has 2 N–H and O–H groups in total. The number of nitrogens with two attached hydrogens (primary N) is 1. The molecule has 30 heavy (non-hydrogen) atoms. The third-order valence-corrected chi connectivity index (χ3v) is 8.63. The summed E-state index contributed by atoms with van der Waals surface area (Å²) in [5.74, 6) is 7.63. The van der Waals surface area contributed by atoms with E-state index in [1.165, 1.54) is 22.9 Å². The van der Waals surface area contributed by atoms with Gasteiger partial charge in [0.1, 0.15) is 5.76 Å². The second-order valence-electron chi connectivity index (χ2n) is 8.01. The molecule has 11 heteroatoms. The number of thioether (sulfide) groups is 1. The van der Waals surface area contributed by atoms with Crippen molar-refractivity contribution in [2.45, 2.75) is 62.7 Å². The standard InChI is InChI=1S/C19H27N5O4S2/c1-13-16(7-9-28-13)18-21-22-19(24(18)20)29-11-17(25)23(14-5-3-2-4-6-14)15-8-10-30(26,27)12-15/h7,9,14-15H,2-6,8,10-12,20H2,1H3. The molecule has 2 aromatic rings. The van der Waals surface area contributed by atoms with Crippen LogP contribution in [-0.4, -0.2) is 63.4 Å². The molecule has 1 saturated heterocycles. The van der Waals surface area contributed by atoms with Gasteiger partial charge >= 0.3 is 0 Å². The lowest BCUT2D eigenvalue weighted by molar-refractivity contribution is -0.133. The molecule has 1 saturated carbocycles. The van der Waals surface area contributed by atoms with E-state index in [0.29, 0.717) is 23.2 Å². The number of rotatable bonds is 6. The minimum absolute atomic E-state index is 0.0574. The molecule has 0 radical (unpaired) electrons. The van der Waals surface area contributed by atoms with Gasteiger partial charge in [-0.1, -0.05) is 31.0 Å². The van der Waals surface area contributed by atoms with Crippen molar-refractivity contribution in [3.8, 4) is 11.4 Å². The van der Waals surface area contributed by atoms with Crippen LogP contribution in [-0.2, 0) is 14.6 Å². The van der Waals surface area contributed by atoms with Gasteiger partial charge in [-0.2, -0.15) is 0 Å². The average molecular weight is 454 g/mol. The number of carbonyl (C=O) groups excluding carboxylic acids is 1. The lowest BCUT2D eigenvalue weighted by atomic mass is 9.93. The summed E-state index contributed by atoms with van der Waals surface area (Å²) in [7, 11) is -3.07. The number of furan rings is 1. The van der Waals surface area contributed by atoms with Gasteiger partial charge < -0.3 is 15.2 Å². The number of nitrogen functional groups attached to an aromatic ring is 1. The Morgan fingerprint density at radius 3 is 2.67 bits per heavy atom. The van der Waals surface area contributed by atoms with E-state index in [4.69, 9.17) is 10.3 Å². The Morgan fingerprint density at radius 1 is 1.27 bits per heavy atom. The lowest BCUT2D eigenvalue weighted by Gasteiger charge is -2.38. The quantitative estimate of drug-likeness (QED) is 0.520. The Balaban J connectivity index is 1.48. The summed E-state index contributed by atoms with van der Waals surface area (Å²) in [5.41, 5.74) is 0.753. The SMILES string of the molecule is Cc1occc1-c1nnc(SCC(=O)N(C2CCCCC2)C2CCS(=O)(=O)C2)n1N. The molecule has 0 aromatic carbocycles. The predicted molar refractivity (Wildman–Crippen MR) is 114 cm³/mol. The van der Waals surface area contributed by atoms with Gasteiger partial charge in [0.05, 0.1) is 29.1 Å². The molecule has 1 unspecified atom stereocenters. The van der Waals surface area contributed by atoms with Crippen LogP contribution in [0.1, 0.15) is 44.3 Å². The minimum Gasteiger partial charge on any atom is -0.469 e. The number of amides is 1. The van der Waals surface area contributed by atoms with Crippen molar-refractivity contribution < 1.29 is 17.6 Å². The molecule has 1 atom stereocenters. The van der Waals surface area contributed by atoms with Crippen molar-refractivity contribution >= 4 is 27.5 Å². The highest BCUT2D eigenvalue weighted by molar-refractivity contribution is 7.99. The van der Waals surface area contributed by atoms with Gasteiger partial charge in [-0.3, -0.25) is 4.79 Å². The fraction of sp³-hybridized carbons (Fsp3) is 0.632. The first-order valence-electron chi connectivity index (χ1n) is 10.2. The summed E-state index contributed by atoms with van der Waals surface area (Å²) in [6.45, 7) is 1.82. The van der Waals surface area contributed by atoms with Crippen molar-refractivity contribution in [1.29, 1.82) is 0 Å². The topological polar surface area (TPSA) is 124 Å². The summed E-state index contributed by atoms with van der Waals surface area (Å²) < 4.78 is 30.7. The first kappa shape index (κ1) is 21.2. The normalized spacial score (nSPS) is 21.7. The molecule has 1 aliphatic carbocycles. The van der Waals surface area contributed by atoms with Crippen LogP contribution < -0.4 is 5.84 Å². The number of aryl methyl sites for hydroxylation is 1.